The Hall–Kier alpha value is -1.14. The van der Waals surface area contributed by atoms with Crippen LogP contribution in [0, 0.1) is 0 Å². The van der Waals surface area contributed by atoms with Crippen LogP contribution in [0.15, 0.2) is 4.52 Å². The SMILES string of the molecule is CCN(C)c1noc([C@@H](O)CN)n1. The van der Waals surface area contributed by atoms with Gasteiger partial charge in [-0.25, -0.2) is 0 Å². The number of rotatable bonds is 4. The van der Waals surface area contributed by atoms with Gasteiger partial charge in [-0.3, -0.25) is 0 Å². The maximum Gasteiger partial charge on any atom is 0.265 e. The highest BCUT2D eigenvalue weighted by Gasteiger charge is 2.15. The first-order valence-electron chi connectivity index (χ1n) is 4.12. The molecule has 1 rings (SSSR count). The number of aromatic nitrogens is 2. The minimum absolute atomic E-state index is 0.0808. The maximum atomic E-state index is 9.26. The maximum absolute atomic E-state index is 9.26. The molecule has 13 heavy (non-hydrogen) atoms. The van der Waals surface area contributed by atoms with Crippen molar-refractivity contribution in [1.82, 2.24) is 10.1 Å². The first kappa shape index (κ1) is 9.94. The summed E-state index contributed by atoms with van der Waals surface area (Å²) in [5.74, 6) is 0.628. The van der Waals surface area contributed by atoms with Gasteiger partial charge >= 0.3 is 0 Å². The summed E-state index contributed by atoms with van der Waals surface area (Å²) in [6, 6.07) is 0. The lowest BCUT2D eigenvalue weighted by atomic mass is 10.4. The van der Waals surface area contributed by atoms with E-state index < -0.39 is 6.10 Å². The van der Waals surface area contributed by atoms with E-state index in [2.05, 4.69) is 10.1 Å². The van der Waals surface area contributed by atoms with Crippen molar-refractivity contribution in [3.63, 3.8) is 0 Å². The van der Waals surface area contributed by atoms with E-state index in [4.69, 9.17) is 10.3 Å². The van der Waals surface area contributed by atoms with Gasteiger partial charge in [0.1, 0.15) is 6.10 Å². The third-order valence-electron chi connectivity index (χ3n) is 1.76. The van der Waals surface area contributed by atoms with E-state index in [0.717, 1.165) is 6.54 Å². The Kier molecular flexibility index (Phi) is 3.21. The first-order chi connectivity index (χ1) is 6.19. The van der Waals surface area contributed by atoms with Crippen LogP contribution in [0.2, 0.25) is 0 Å². The number of nitrogens with zero attached hydrogens (tertiary/aromatic N) is 3. The van der Waals surface area contributed by atoms with Gasteiger partial charge in [0.05, 0.1) is 0 Å². The number of aliphatic hydroxyl groups is 1. The number of hydrogen-bond donors (Lipinski definition) is 2. The Balaban J connectivity index is 2.74. The van der Waals surface area contributed by atoms with Crippen LogP contribution in [0.25, 0.3) is 0 Å². The third-order valence-corrected chi connectivity index (χ3v) is 1.76. The van der Waals surface area contributed by atoms with E-state index >= 15 is 0 Å². The molecule has 0 fully saturated rings. The quantitative estimate of drug-likeness (QED) is 0.660. The second-order valence-corrected chi connectivity index (χ2v) is 2.70. The van der Waals surface area contributed by atoms with Crippen LogP contribution in [-0.4, -0.2) is 35.4 Å². The minimum atomic E-state index is -0.869. The topological polar surface area (TPSA) is 88.4 Å². The fraction of sp³-hybridized carbons (Fsp3) is 0.714. The van der Waals surface area contributed by atoms with Crippen LogP contribution in [0.5, 0.6) is 0 Å². The van der Waals surface area contributed by atoms with E-state index in [1.807, 2.05) is 14.0 Å². The minimum Gasteiger partial charge on any atom is -0.382 e. The van der Waals surface area contributed by atoms with Crippen molar-refractivity contribution in [1.29, 1.82) is 0 Å². The van der Waals surface area contributed by atoms with Crippen molar-refractivity contribution in [3.8, 4) is 0 Å². The highest BCUT2D eigenvalue weighted by Crippen LogP contribution is 2.12. The normalized spacial score (nSPS) is 12.9. The van der Waals surface area contributed by atoms with Crippen molar-refractivity contribution >= 4 is 5.95 Å². The molecule has 0 saturated heterocycles. The summed E-state index contributed by atoms with van der Waals surface area (Å²) >= 11 is 0. The zero-order valence-electron chi connectivity index (χ0n) is 7.77. The number of anilines is 1. The Bertz CT molecular complexity index is 238. The lowest BCUT2D eigenvalue weighted by Crippen LogP contribution is -2.17. The molecule has 0 unspecified atom stereocenters. The molecule has 0 amide bonds. The predicted molar refractivity (Wildman–Crippen MR) is 47.3 cm³/mol. The van der Waals surface area contributed by atoms with Crippen LogP contribution in [0.1, 0.15) is 18.9 Å². The zero-order chi connectivity index (χ0) is 9.84. The predicted octanol–water partition coefficient (Wildman–Crippen LogP) is -0.482. The molecular weight excluding hydrogens is 172 g/mol. The molecule has 0 bridgehead atoms. The lowest BCUT2D eigenvalue weighted by Gasteiger charge is -2.08. The van der Waals surface area contributed by atoms with E-state index in [0.29, 0.717) is 5.95 Å². The average Bonchev–Trinajstić information content (AvgIpc) is 2.64. The van der Waals surface area contributed by atoms with Gasteiger partial charge in [0.15, 0.2) is 0 Å². The Morgan fingerprint density at radius 2 is 2.38 bits per heavy atom. The molecule has 0 radical (unpaired) electrons. The fourth-order valence-electron chi connectivity index (χ4n) is 0.760. The molecule has 0 aliphatic heterocycles. The monoisotopic (exact) mass is 186 g/mol. The molecule has 1 atom stereocenters. The molecule has 1 heterocycles. The summed E-state index contributed by atoms with van der Waals surface area (Å²) in [7, 11) is 1.84. The molecule has 1 aromatic rings. The molecule has 0 aliphatic rings. The van der Waals surface area contributed by atoms with Gasteiger partial charge in [-0.1, -0.05) is 0 Å². The summed E-state index contributed by atoms with van der Waals surface area (Å²) in [4.78, 5) is 5.77. The highest BCUT2D eigenvalue weighted by molar-refractivity contribution is 5.25. The van der Waals surface area contributed by atoms with Crippen LogP contribution in [0.3, 0.4) is 0 Å². The van der Waals surface area contributed by atoms with Gasteiger partial charge in [0.2, 0.25) is 0 Å². The van der Waals surface area contributed by atoms with Gasteiger partial charge in [0.25, 0.3) is 11.8 Å². The van der Waals surface area contributed by atoms with Crippen molar-refractivity contribution in [2.24, 2.45) is 5.73 Å². The van der Waals surface area contributed by atoms with E-state index in [1.165, 1.54) is 0 Å². The van der Waals surface area contributed by atoms with Gasteiger partial charge < -0.3 is 20.3 Å². The van der Waals surface area contributed by atoms with Crippen molar-refractivity contribution in [3.05, 3.63) is 5.89 Å². The second kappa shape index (κ2) is 4.20. The molecule has 3 N–H and O–H groups in total. The van der Waals surface area contributed by atoms with E-state index in [9.17, 15) is 5.11 Å². The van der Waals surface area contributed by atoms with E-state index in [1.54, 1.807) is 4.90 Å². The molecule has 0 aliphatic carbocycles. The average molecular weight is 186 g/mol. The molecule has 74 valence electrons. The Morgan fingerprint density at radius 3 is 2.92 bits per heavy atom. The largest absolute Gasteiger partial charge is 0.382 e. The summed E-state index contributed by atoms with van der Waals surface area (Å²) in [6.45, 7) is 2.82. The molecule has 0 spiro atoms. The Morgan fingerprint density at radius 1 is 1.69 bits per heavy atom. The van der Waals surface area contributed by atoms with Crippen molar-refractivity contribution in [2.45, 2.75) is 13.0 Å². The van der Waals surface area contributed by atoms with Gasteiger partial charge in [-0.2, -0.15) is 4.98 Å². The molecular formula is C7H14N4O2. The van der Waals surface area contributed by atoms with Gasteiger partial charge in [-0.15, -0.1) is 0 Å². The smallest absolute Gasteiger partial charge is 0.265 e. The molecule has 0 saturated carbocycles. The van der Waals surface area contributed by atoms with Crippen LogP contribution >= 0.6 is 0 Å². The molecule has 0 aromatic carbocycles. The first-order valence-corrected chi connectivity index (χ1v) is 4.12. The number of nitrogens with two attached hydrogens (primary N) is 1. The summed E-state index contributed by atoms with van der Waals surface area (Å²) in [5, 5.41) is 12.9. The van der Waals surface area contributed by atoms with Crippen LogP contribution in [0.4, 0.5) is 5.95 Å². The summed E-state index contributed by atoms with van der Waals surface area (Å²) in [5.41, 5.74) is 5.23. The lowest BCUT2D eigenvalue weighted by molar-refractivity contribution is 0.141. The number of aliphatic hydroxyl groups excluding tert-OH is 1. The zero-order valence-corrected chi connectivity index (χ0v) is 7.77. The number of hydrogen-bond acceptors (Lipinski definition) is 6. The molecule has 6 nitrogen and oxygen atoms in total. The van der Waals surface area contributed by atoms with Crippen LogP contribution < -0.4 is 10.6 Å². The highest BCUT2D eigenvalue weighted by atomic mass is 16.5. The molecule has 1 aromatic heterocycles. The van der Waals surface area contributed by atoms with Gasteiger partial charge in [-0.05, 0) is 12.1 Å². The van der Waals surface area contributed by atoms with Crippen LogP contribution in [-0.2, 0) is 0 Å². The van der Waals surface area contributed by atoms with Gasteiger partial charge in [0, 0.05) is 20.1 Å². The van der Waals surface area contributed by atoms with Crippen molar-refractivity contribution in [2.75, 3.05) is 25.0 Å². The summed E-state index contributed by atoms with van der Waals surface area (Å²) in [6.07, 6.45) is -0.869. The Labute approximate surface area is 76.3 Å². The fourth-order valence-corrected chi connectivity index (χ4v) is 0.760. The second-order valence-electron chi connectivity index (χ2n) is 2.70. The molecule has 6 heteroatoms. The standard InChI is InChI=1S/C7H14N4O2/c1-3-11(2)7-9-6(13-10-7)5(12)4-8/h5,12H,3-4,8H2,1-2H3/t5-/m0/s1. The third kappa shape index (κ3) is 2.16. The van der Waals surface area contributed by atoms with Crippen molar-refractivity contribution < 1.29 is 9.63 Å². The van der Waals surface area contributed by atoms with E-state index in [-0.39, 0.29) is 12.4 Å². The summed E-state index contributed by atoms with van der Waals surface area (Å²) < 4.78 is 4.81.